The summed E-state index contributed by atoms with van der Waals surface area (Å²) in [6.07, 6.45) is -5.10. The predicted molar refractivity (Wildman–Crippen MR) is 78.2 cm³/mol. The van der Waals surface area contributed by atoms with Gasteiger partial charge < -0.3 is 5.32 Å². The van der Waals surface area contributed by atoms with Crippen LogP contribution in [-0.4, -0.2) is 36.6 Å². The highest BCUT2D eigenvalue weighted by Crippen LogP contribution is 2.21. The van der Waals surface area contributed by atoms with Gasteiger partial charge in [-0.2, -0.15) is 13.2 Å². The maximum Gasteiger partial charge on any atom is 0.397 e. The number of benzene rings is 1. The Labute approximate surface area is 132 Å². The molecule has 1 saturated heterocycles. The third-order valence-corrected chi connectivity index (χ3v) is 3.96. The van der Waals surface area contributed by atoms with Crippen molar-refractivity contribution in [1.29, 1.82) is 0 Å². The molecule has 128 valence electrons. The Hall–Kier alpha value is -1.63. The number of carbonyl (C=O) groups excluding carboxylic acids is 1. The van der Waals surface area contributed by atoms with Gasteiger partial charge in [0, 0.05) is 19.6 Å². The lowest BCUT2D eigenvalue weighted by Gasteiger charge is -2.17. The van der Waals surface area contributed by atoms with Gasteiger partial charge in [-0.05, 0) is 43.0 Å². The van der Waals surface area contributed by atoms with Crippen LogP contribution in [0, 0.1) is 18.7 Å². The molecule has 1 fully saturated rings. The Morgan fingerprint density at radius 1 is 1.39 bits per heavy atom. The molecule has 1 aromatic rings. The van der Waals surface area contributed by atoms with Gasteiger partial charge in [0.15, 0.2) is 0 Å². The van der Waals surface area contributed by atoms with Gasteiger partial charge >= 0.3 is 6.18 Å². The number of carbonyl (C=O) groups is 1. The van der Waals surface area contributed by atoms with E-state index in [2.05, 4.69) is 10.2 Å². The highest BCUT2D eigenvalue weighted by atomic mass is 19.4. The minimum atomic E-state index is -4.47. The first kappa shape index (κ1) is 17.7. The molecule has 0 aliphatic carbocycles. The molecular formula is C16H20F4N2O. The van der Waals surface area contributed by atoms with E-state index in [9.17, 15) is 22.4 Å². The number of rotatable bonds is 5. The van der Waals surface area contributed by atoms with E-state index < -0.39 is 18.5 Å². The number of nitrogens with one attached hydrogen (secondary N) is 1. The summed E-state index contributed by atoms with van der Waals surface area (Å²) in [5, 5.41) is 2.34. The Morgan fingerprint density at radius 3 is 2.78 bits per heavy atom. The molecule has 1 N–H and O–H groups in total. The average molecular weight is 332 g/mol. The second kappa shape index (κ2) is 7.29. The minimum absolute atomic E-state index is 0.127. The fourth-order valence-corrected chi connectivity index (χ4v) is 2.72. The summed E-state index contributed by atoms with van der Waals surface area (Å²) in [5.41, 5.74) is 1.47. The van der Waals surface area contributed by atoms with Gasteiger partial charge in [0.05, 0.1) is 0 Å². The molecule has 0 spiro atoms. The van der Waals surface area contributed by atoms with Crippen molar-refractivity contribution in [1.82, 2.24) is 10.2 Å². The molecular weight excluding hydrogens is 312 g/mol. The number of likely N-dealkylation sites (tertiary alicyclic amines) is 1. The normalized spacial score (nSPS) is 19.1. The van der Waals surface area contributed by atoms with Gasteiger partial charge in [0.1, 0.15) is 12.2 Å². The first-order chi connectivity index (χ1) is 10.7. The van der Waals surface area contributed by atoms with Crippen LogP contribution in [0.2, 0.25) is 0 Å². The topological polar surface area (TPSA) is 32.3 Å². The van der Waals surface area contributed by atoms with Crippen LogP contribution in [0.1, 0.15) is 24.0 Å². The third kappa shape index (κ3) is 5.82. The van der Waals surface area contributed by atoms with Crippen molar-refractivity contribution >= 4 is 5.91 Å². The van der Waals surface area contributed by atoms with E-state index >= 15 is 0 Å². The van der Waals surface area contributed by atoms with Crippen LogP contribution in [0.3, 0.4) is 0 Å². The van der Waals surface area contributed by atoms with Crippen LogP contribution in [0.15, 0.2) is 18.2 Å². The number of nitrogens with zero attached hydrogens (tertiary/aromatic N) is 1. The van der Waals surface area contributed by atoms with Gasteiger partial charge in [0.25, 0.3) is 0 Å². The maximum atomic E-state index is 13.5. The quantitative estimate of drug-likeness (QED) is 0.841. The van der Waals surface area contributed by atoms with Gasteiger partial charge in [-0.15, -0.1) is 0 Å². The third-order valence-electron chi connectivity index (χ3n) is 3.96. The summed E-state index contributed by atoms with van der Waals surface area (Å²) in [4.78, 5) is 13.3. The zero-order valence-corrected chi connectivity index (χ0v) is 12.9. The van der Waals surface area contributed by atoms with Crippen LogP contribution in [-0.2, 0) is 11.3 Å². The monoisotopic (exact) mass is 332 g/mol. The maximum absolute atomic E-state index is 13.5. The SMILES string of the molecule is Cc1ccc(CN2CC[C@H](CNC(=O)CC(F)(F)F)C2)cc1F. The van der Waals surface area contributed by atoms with Crippen molar-refractivity contribution in [2.75, 3.05) is 19.6 Å². The highest BCUT2D eigenvalue weighted by Gasteiger charge is 2.31. The lowest BCUT2D eigenvalue weighted by Crippen LogP contribution is -2.33. The van der Waals surface area contributed by atoms with E-state index in [-0.39, 0.29) is 18.3 Å². The number of alkyl halides is 3. The fourth-order valence-electron chi connectivity index (χ4n) is 2.72. The Bertz CT molecular complexity index is 560. The molecule has 2 rings (SSSR count). The molecule has 1 atom stereocenters. The van der Waals surface area contributed by atoms with Gasteiger partial charge in [-0.3, -0.25) is 9.69 Å². The molecule has 3 nitrogen and oxygen atoms in total. The lowest BCUT2D eigenvalue weighted by molar-refractivity contribution is -0.153. The molecule has 1 aliphatic rings. The van der Waals surface area contributed by atoms with Crippen molar-refractivity contribution in [3.8, 4) is 0 Å². The standard InChI is InChI=1S/C16H20F4N2O/c1-11-2-3-12(6-14(11)17)9-22-5-4-13(10-22)8-21-15(23)7-16(18,19)20/h2-3,6,13H,4-5,7-10H2,1H3,(H,21,23)/t13-/m1/s1. The highest BCUT2D eigenvalue weighted by molar-refractivity contribution is 5.76. The second-order valence-electron chi connectivity index (χ2n) is 6.07. The molecule has 1 amide bonds. The number of amides is 1. The van der Waals surface area contributed by atoms with E-state index in [0.29, 0.717) is 18.7 Å². The summed E-state index contributed by atoms with van der Waals surface area (Å²) in [6, 6.07) is 5.11. The zero-order chi connectivity index (χ0) is 17.0. The van der Waals surface area contributed by atoms with Crippen molar-refractivity contribution in [3.05, 3.63) is 35.1 Å². The van der Waals surface area contributed by atoms with Crippen molar-refractivity contribution < 1.29 is 22.4 Å². The van der Waals surface area contributed by atoms with Gasteiger partial charge in [0.2, 0.25) is 5.91 Å². The molecule has 1 aromatic carbocycles. The van der Waals surface area contributed by atoms with Crippen LogP contribution in [0.25, 0.3) is 0 Å². The molecule has 23 heavy (non-hydrogen) atoms. The number of hydrogen-bond donors (Lipinski definition) is 1. The first-order valence-electron chi connectivity index (χ1n) is 7.54. The number of hydrogen-bond acceptors (Lipinski definition) is 2. The number of halogens is 4. The van der Waals surface area contributed by atoms with E-state index in [0.717, 1.165) is 18.5 Å². The second-order valence-corrected chi connectivity index (χ2v) is 6.07. The lowest BCUT2D eigenvalue weighted by atomic mass is 10.1. The van der Waals surface area contributed by atoms with Crippen molar-refractivity contribution in [2.45, 2.75) is 32.5 Å². The molecule has 1 aliphatic heterocycles. The molecule has 0 saturated carbocycles. The Kier molecular flexibility index (Phi) is 5.62. The predicted octanol–water partition coefficient (Wildman–Crippen LogP) is 3.02. The van der Waals surface area contributed by atoms with Crippen LogP contribution < -0.4 is 5.32 Å². The van der Waals surface area contributed by atoms with Crippen molar-refractivity contribution in [3.63, 3.8) is 0 Å². The molecule has 0 aromatic heterocycles. The van der Waals surface area contributed by atoms with Crippen LogP contribution >= 0.6 is 0 Å². The van der Waals surface area contributed by atoms with E-state index in [1.807, 2.05) is 6.07 Å². The fraction of sp³-hybridized carbons (Fsp3) is 0.562. The van der Waals surface area contributed by atoms with E-state index in [4.69, 9.17) is 0 Å². The molecule has 0 radical (unpaired) electrons. The Balaban J connectivity index is 1.75. The molecule has 0 bridgehead atoms. The van der Waals surface area contributed by atoms with E-state index in [1.54, 1.807) is 13.0 Å². The minimum Gasteiger partial charge on any atom is -0.355 e. The summed E-state index contributed by atoms with van der Waals surface area (Å²) in [6.45, 7) is 4.02. The van der Waals surface area contributed by atoms with E-state index in [1.165, 1.54) is 6.07 Å². The number of aryl methyl sites for hydroxylation is 1. The first-order valence-corrected chi connectivity index (χ1v) is 7.54. The molecule has 0 unspecified atom stereocenters. The Morgan fingerprint density at radius 2 is 2.13 bits per heavy atom. The van der Waals surface area contributed by atoms with Crippen LogP contribution in [0.5, 0.6) is 0 Å². The van der Waals surface area contributed by atoms with Gasteiger partial charge in [-0.25, -0.2) is 4.39 Å². The molecule has 7 heteroatoms. The van der Waals surface area contributed by atoms with Gasteiger partial charge in [-0.1, -0.05) is 12.1 Å². The average Bonchev–Trinajstić information content (AvgIpc) is 2.86. The zero-order valence-electron chi connectivity index (χ0n) is 12.9. The van der Waals surface area contributed by atoms with Crippen LogP contribution in [0.4, 0.5) is 17.6 Å². The smallest absolute Gasteiger partial charge is 0.355 e. The summed E-state index contributed by atoms with van der Waals surface area (Å²) >= 11 is 0. The summed E-state index contributed by atoms with van der Waals surface area (Å²) in [7, 11) is 0. The summed E-state index contributed by atoms with van der Waals surface area (Å²) in [5.74, 6) is -1.10. The largest absolute Gasteiger partial charge is 0.397 e. The molecule has 1 heterocycles. The summed E-state index contributed by atoms with van der Waals surface area (Å²) < 4.78 is 49.7. The van der Waals surface area contributed by atoms with Crippen molar-refractivity contribution in [2.24, 2.45) is 5.92 Å².